The monoisotopic (exact) mass is 334 g/mol. The second kappa shape index (κ2) is 8.49. The Balaban J connectivity index is 1.79. The molecule has 0 saturated carbocycles. The van der Waals surface area contributed by atoms with E-state index in [1.165, 1.54) is 0 Å². The molecule has 1 aliphatic heterocycles. The molecule has 5 heteroatoms. The van der Waals surface area contributed by atoms with E-state index >= 15 is 0 Å². The molecule has 0 bridgehead atoms. The van der Waals surface area contributed by atoms with Gasteiger partial charge in [-0.1, -0.05) is 30.3 Å². The Hall–Kier alpha value is -1.59. The largest absolute Gasteiger partial charge is 0.392 e. The molecular weight excluding hydrogens is 304 g/mol. The lowest BCUT2D eigenvalue weighted by molar-refractivity contribution is 0.0641. The van der Waals surface area contributed by atoms with Crippen LogP contribution in [0.3, 0.4) is 0 Å². The van der Waals surface area contributed by atoms with Gasteiger partial charge < -0.3 is 20.1 Å². The van der Waals surface area contributed by atoms with Crippen LogP contribution in [-0.4, -0.2) is 54.5 Å². The van der Waals surface area contributed by atoms with E-state index < -0.39 is 0 Å². The van der Waals surface area contributed by atoms with Crippen LogP contribution in [0.15, 0.2) is 30.3 Å². The molecule has 2 amide bonds. The van der Waals surface area contributed by atoms with Crippen molar-refractivity contribution in [2.24, 2.45) is 5.92 Å². The molecule has 24 heavy (non-hydrogen) atoms. The van der Waals surface area contributed by atoms with E-state index in [1.807, 2.05) is 49.1 Å². The predicted molar refractivity (Wildman–Crippen MR) is 94.9 cm³/mol. The lowest BCUT2D eigenvalue weighted by Gasteiger charge is -2.36. The second-order valence-electron chi connectivity index (χ2n) is 7.33. The third-order valence-corrected chi connectivity index (χ3v) is 4.61. The average molecular weight is 334 g/mol. The van der Waals surface area contributed by atoms with Crippen LogP contribution in [0.2, 0.25) is 0 Å². The fourth-order valence-corrected chi connectivity index (χ4v) is 3.28. The molecule has 0 radical (unpaired) electrons. The Labute approximate surface area is 145 Å². The maximum atomic E-state index is 12.4. The van der Waals surface area contributed by atoms with Crippen molar-refractivity contribution < 1.29 is 14.6 Å². The maximum Gasteiger partial charge on any atom is 0.317 e. The summed E-state index contributed by atoms with van der Waals surface area (Å²) in [5.74, 6) is 0.251. The lowest BCUT2D eigenvalue weighted by atomic mass is 9.88. The van der Waals surface area contributed by atoms with Gasteiger partial charge in [-0.15, -0.1) is 0 Å². The number of nitrogens with zero attached hydrogens (tertiary/aromatic N) is 1. The number of hydrogen-bond acceptors (Lipinski definition) is 3. The Bertz CT molecular complexity index is 511. The number of aliphatic hydroxyl groups excluding tert-OH is 1. The number of nitrogens with one attached hydrogen (secondary N) is 1. The Morgan fingerprint density at radius 3 is 2.54 bits per heavy atom. The first-order valence-electron chi connectivity index (χ1n) is 8.69. The quantitative estimate of drug-likeness (QED) is 0.840. The van der Waals surface area contributed by atoms with Gasteiger partial charge in [0.25, 0.3) is 0 Å². The van der Waals surface area contributed by atoms with Gasteiger partial charge in [0, 0.05) is 20.2 Å². The molecule has 1 aromatic rings. The summed E-state index contributed by atoms with van der Waals surface area (Å²) in [6.07, 6.45) is 2.01. The van der Waals surface area contributed by atoms with Crippen molar-refractivity contribution in [2.75, 3.05) is 26.8 Å². The van der Waals surface area contributed by atoms with Gasteiger partial charge in [0.15, 0.2) is 0 Å². The molecule has 0 spiro atoms. The number of amides is 2. The van der Waals surface area contributed by atoms with Gasteiger partial charge in [-0.3, -0.25) is 0 Å². The summed E-state index contributed by atoms with van der Waals surface area (Å²) in [6, 6.07) is 10.0. The molecule has 1 saturated heterocycles. The third kappa shape index (κ3) is 5.49. The van der Waals surface area contributed by atoms with Crippen LogP contribution in [0.25, 0.3) is 0 Å². The van der Waals surface area contributed by atoms with E-state index in [-0.39, 0.29) is 23.6 Å². The van der Waals surface area contributed by atoms with Gasteiger partial charge in [0.1, 0.15) is 0 Å². The summed E-state index contributed by atoms with van der Waals surface area (Å²) in [5, 5.41) is 13.5. The fraction of sp³-hybridized carbons (Fsp3) is 0.632. The first kappa shape index (κ1) is 18.7. The molecular formula is C19H30N2O3. The molecule has 1 heterocycles. The van der Waals surface area contributed by atoms with Gasteiger partial charge in [-0.2, -0.15) is 0 Å². The molecule has 134 valence electrons. The van der Waals surface area contributed by atoms with Gasteiger partial charge >= 0.3 is 6.03 Å². The van der Waals surface area contributed by atoms with Crippen molar-refractivity contribution in [3.8, 4) is 0 Å². The minimum atomic E-state index is -0.379. The predicted octanol–water partition coefficient (Wildman–Crippen LogP) is 2.44. The van der Waals surface area contributed by atoms with Crippen molar-refractivity contribution in [1.82, 2.24) is 10.2 Å². The third-order valence-electron chi connectivity index (χ3n) is 4.61. The summed E-state index contributed by atoms with van der Waals surface area (Å²) >= 11 is 0. The van der Waals surface area contributed by atoms with Crippen LogP contribution in [0.1, 0.15) is 32.3 Å². The zero-order valence-corrected chi connectivity index (χ0v) is 15.0. The molecule has 2 N–H and O–H groups in total. The second-order valence-corrected chi connectivity index (χ2v) is 7.33. The number of methoxy groups -OCH3 is 1. The standard InChI is InChI=1S/C19H30N2O3/c1-19(2,14-24-3)20-18(23)21-11-9-16(10-12-21)17(22)13-15-7-5-4-6-8-15/h4-8,16-17,22H,9-14H2,1-3H3,(H,20,23)/t17-/m0/s1. The van der Waals surface area contributed by atoms with Crippen LogP contribution in [0.5, 0.6) is 0 Å². The number of carbonyl (C=O) groups is 1. The first-order valence-corrected chi connectivity index (χ1v) is 8.69. The summed E-state index contributed by atoms with van der Waals surface area (Å²) in [7, 11) is 1.63. The minimum absolute atomic E-state index is 0.0481. The van der Waals surface area contributed by atoms with E-state index in [9.17, 15) is 9.90 Å². The number of piperidine rings is 1. The molecule has 2 rings (SSSR count). The Morgan fingerprint density at radius 1 is 1.33 bits per heavy atom. The van der Waals surface area contributed by atoms with Crippen LogP contribution in [-0.2, 0) is 11.2 Å². The number of benzene rings is 1. The number of urea groups is 1. The maximum absolute atomic E-state index is 12.4. The van der Waals surface area contributed by atoms with Crippen molar-refractivity contribution in [2.45, 2.75) is 44.8 Å². The first-order chi connectivity index (χ1) is 11.4. The number of hydrogen-bond donors (Lipinski definition) is 2. The molecule has 1 fully saturated rings. The molecule has 5 nitrogen and oxygen atoms in total. The number of carbonyl (C=O) groups excluding carboxylic acids is 1. The lowest BCUT2D eigenvalue weighted by Crippen LogP contribution is -2.54. The highest BCUT2D eigenvalue weighted by atomic mass is 16.5. The summed E-state index contributed by atoms with van der Waals surface area (Å²) in [5.41, 5.74) is 0.779. The van der Waals surface area contributed by atoms with Crippen molar-refractivity contribution >= 4 is 6.03 Å². The number of ether oxygens (including phenoxy) is 1. The topological polar surface area (TPSA) is 61.8 Å². The van der Waals surface area contributed by atoms with E-state index in [0.717, 1.165) is 18.4 Å². The van der Waals surface area contributed by atoms with E-state index in [2.05, 4.69) is 5.32 Å². The summed E-state index contributed by atoms with van der Waals surface area (Å²) in [6.45, 7) is 5.75. The van der Waals surface area contributed by atoms with Gasteiger partial charge in [-0.05, 0) is 44.6 Å². The molecule has 1 aromatic carbocycles. The zero-order valence-electron chi connectivity index (χ0n) is 15.0. The number of likely N-dealkylation sites (tertiary alicyclic amines) is 1. The number of aliphatic hydroxyl groups is 1. The highest BCUT2D eigenvalue weighted by Crippen LogP contribution is 2.23. The van der Waals surface area contributed by atoms with Crippen molar-refractivity contribution in [1.29, 1.82) is 0 Å². The van der Waals surface area contributed by atoms with Crippen LogP contribution >= 0.6 is 0 Å². The molecule has 0 unspecified atom stereocenters. The SMILES string of the molecule is COCC(C)(C)NC(=O)N1CCC([C@@H](O)Cc2ccccc2)CC1. The smallest absolute Gasteiger partial charge is 0.317 e. The highest BCUT2D eigenvalue weighted by Gasteiger charge is 2.29. The highest BCUT2D eigenvalue weighted by molar-refractivity contribution is 5.75. The molecule has 1 aliphatic rings. The van der Waals surface area contributed by atoms with E-state index in [0.29, 0.717) is 26.1 Å². The average Bonchev–Trinajstić information content (AvgIpc) is 2.55. The van der Waals surface area contributed by atoms with Crippen molar-refractivity contribution in [3.63, 3.8) is 0 Å². The van der Waals surface area contributed by atoms with Crippen LogP contribution < -0.4 is 5.32 Å². The number of rotatable bonds is 6. The van der Waals surface area contributed by atoms with Crippen LogP contribution in [0, 0.1) is 5.92 Å². The zero-order chi connectivity index (χ0) is 17.6. The Morgan fingerprint density at radius 2 is 1.96 bits per heavy atom. The van der Waals surface area contributed by atoms with E-state index in [1.54, 1.807) is 7.11 Å². The fourth-order valence-electron chi connectivity index (χ4n) is 3.28. The molecule has 1 atom stereocenters. The van der Waals surface area contributed by atoms with Gasteiger partial charge in [0.05, 0.1) is 18.2 Å². The molecule has 0 aliphatic carbocycles. The van der Waals surface area contributed by atoms with Gasteiger partial charge in [0.2, 0.25) is 0 Å². The Kier molecular flexibility index (Phi) is 6.63. The normalized spacial score (nSPS) is 17.6. The minimum Gasteiger partial charge on any atom is -0.392 e. The molecule has 0 aromatic heterocycles. The summed E-state index contributed by atoms with van der Waals surface area (Å²) in [4.78, 5) is 14.2. The van der Waals surface area contributed by atoms with E-state index in [4.69, 9.17) is 4.74 Å². The van der Waals surface area contributed by atoms with Crippen LogP contribution in [0.4, 0.5) is 4.79 Å². The van der Waals surface area contributed by atoms with Crippen molar-refractivity contribution in [3.05, 3.63) is 35.9 Å². The van der Waals surface area contributed by atoms with Gasteiger partial charge in [-0.25, -0.2) is 4.79 Å². The summed E-state index contributed by atoms with van der Waals surface area (Å²) < 4.78 is 5.13.